The minimum atomic E-state index is -0.272. The van der Waals surface area contributed by atoms with Gasteiger partial charge in [-0.05, 0) is 55.3 Å². The number of hydrazine groups is 1. The maximum Gasteiger partial charge on any atom is 0.257 e. The van der Waals surface area contributed by atoms with Gasteiger partial charge < -0.3 is 10.7 Å². The standard InChI is InChI=1S/C15H15BrClN3O/c1-8-5-11(6-9(2)14(8)16)19-15(21)12-7-10(17)3-4-13(12)20-18/h3-7,20H,18H2,1-2H3,(H,19,21). The number of nitrogens with one attached hydrogen (secondary N) is 2. The summed E-state index contributed by atoms with van der Waals surface area (Å²) in [7, 11) is 0. The molecule has 2 rings (SSSR count). The highest BCUT2D eigenvalue weighted by molar-refractivity contribution is 9.10. The first-order valence-electron chi connectivity index (χ1n) is 6.26. The van der Waals surface area contributed by atoms with E-state index in [0.29, 0.717) is 16.3 Å². The van der Waals surface area contributed by atoms with Crippen LogP contribution in [0.1, 0.15) is 21.5 Å². The number of anilines is 2. The number of aryl methyl sites for hydroxylation is 2. The van der Waals surface area contributed by atoms with Crippen LogP contribution in [0.4, 0.5) is 11.4 Å². The molecule has 0 aliphatic carbocycles. The number of carbonyl (C=O) groups excluding carboxylic acids is 1. The van der Waals surface area contributed by atoms with Crippen LogP contribution in [0.3, 0.4) is 0 Å². The zero-order valence-corrected chi connectivity index (χ0v) is 14.0. The Balaban J connectivity index is 2.32. The minimum Gasteiger partial charge on any atom is -0.323 e. The molecule has 0 aromatic heterocycles. The van der Waals surface area contributed by atoms with Crippen LogP contribution >= 0.6 is 27.5 Å². The summed E-state index contributed by atoms with van der Waals surface area (Å²) < 4.78 is 1.03. The molecule has 0 saturated heterocycles. The lowest BCUT2D eigenvalue weighted by Crippen LogP contribution is -2.17. The topological polar surface area (TPSA) is 67.2 Å². The summed E-state index contributed by atoms with van der Waals surface area (Å²) >= 11 is 9.44. The Hall–Kier alpha value is -1.56. The van der Waals surface area contributed by atoms with Crippen LogP contribution in [-0.2, 0) is 0 Å². The molecular formula is C15H15BrClN3O. The molecule has 0 unspecified atom stereocenters. The fourth-order valence-corrected chi connectivity index (χ4v) is 2.45. The van der Waals surface area contributed by atoms with Crippen molar-refractivity contribution in [3.8, 4) is 0 Å². The van der Waals surface area contributed by atoms with Crippen LogP contribution in [0.15, 0.2) is 34.8 Å². The van der Waals surface area contributed by atoms with E-state index in [2.05, 4.69) is 26.7 Å². The van der Waals surface area contributed by atoms with Crippen molar-refractivity contribution in [2.45, 2.75) is 13.8 Å². The zero-order valence-electron chi connectivity index (χ0n) is 11.6. The van der Waals surface area contributed by atoms with Gasteiger partial charge in [0, 0.05) is 15.2 Å². The van der Waals surface area contributed by atoms with E-state index in [4.69, 9.17) is 17.4 Å². The van der Waals surface area contributed by atoms with Crippen molar-refractivity contribution in [3.63, 3.8) is 0 Å². The Morgan fingerprint density at radius 3 is 2.38 bits per heavy atom. The molecule has 2 aromatic rings. The summed E-state index contributed by atoms with van der Waals surface area (Å²) in [4.78, 5) is 12.4. The van der Waals surface area contributed by atoms with Crippen molar-refractivity contribution in [1.82, 2.24) is 0 Å². The maximum absolute atomic E-state index is 12.4. The van der Waals surface area contributed by atoms with Gasteiger partial charge in [0.1, 0.15) is 0 Å². The van der Waals surface area contributed by atoms with Gasteiger partial charge >= 0.3 is 0 Å². The first kappa shape index (κ1) is 15.8. The molecule has 21 heavy (non-hydrogen) atoms. The van der Waals surface area contributed by atoms with Crippen molar-refractivity contribution in [2.75, 3.05) is 10.7 Å². The van der Waals surface area contributed by atoms with Gasteiger partial charge in [-0.25, -0.2) is 0 Å². The van der Waals surface area contributed by atoms with Gasteiger partial charge in [-0.2, -0.15) is 0 Å². The number of benzene rings is 2. The normalized spacial score (nSPS) is 10.3. The van der Waals surface area contributed by atoms with Crippen LogP contribution in [0.5, 0.6) is 0 Å². The van der Waals surface area contributed by atoms with Gasteiger partial charge in [-0.1, -0.05) is 27.5 Å². The summed E-state index contributed by atoms with van der Waals surface area (Å²) in [5.74, 6) is 5.15. The molecule has 0 atom stereocenters. The Kier molecular flexibility index (Phi) is 4.88. The van der Waals surface area contributed by atoms with E-state index in [0.717, 1.165) is 21.3 Å². The van der Waals surface area contributed by atoms with Crippen LogP contribution in [0.25, 0.3) is 0 Å². The SMILES string of the molecule is Cc1cc(NC(=O)c2cc(Cl)ccc2NN)cc(C)c1Br. The third-order valence-electron chi connectivity index (χ3n) is 3.08. The number of hydrogen-bond donors (Lipinski definition) is 3. The van der Waals surface area contributed by atoms with E-state index in [1.54, 1.807) is 18.2 Å². The van der Waals surface area contributed by atoms with Crippen LogP contribution < -0.4 is 16.6 Å². The smallest absolute Gasteiger partial charge is 0.257 e. The van der Waals surface area contributed by atoms with Gasteiger partial charge in [0.15, 0.2) is 0 Å². The van der Waals surface area contributed by atoms with Gasteiger partial charge in [-0.3, -0.25) is 10.6 Å². The number of amides is 1. The summed E-state index contributed by atoms with van der Waals surface area (Å²) in [5.41, 5.74) is 6.22. The first-order valence-corrected chi connectivity index (χ1v) is 7.43. The van der Waals surface area contributed by atoms with Gasteiger partial charge in [0.25, 0.3) is 5.91 Å². The van der Waals surface area contributed by atoms with E-state index in [-0.39, 0.29) is 5.91 Å². The molecule has 0 spiro atoms. The number of hydrogen-bond acceptors (Lipinski definition) is 3. The number of nitrogen functional groups attached to an aromatic ring is 1. The molecule has 0 saturated carbocycles. The number of rotatable bonds is 3. The highest BCUT2D eigenvalue weighted by Crippen LogP contribution is 2.26. The fourth-order valence-electron chi connectivity index (χ4n) is 2.05. The highest BCUT2D eigenvalue weighted by atomic mass is 79.9. The monoisotopic (exact) mass is 367 g/mol. The summed E-state index contributed by atoms with van der Waals surface area (Å²) in [6.45, 7) is 3.94. The molecule has 110 valence electrons. The molecule has 1 amide bonds. The lowest BCUT2D eigenvalue weighted by molar-refractivity contribution is 0.102. The summed E-state index contributed by atoms with van der Waals surface area (Å²) in [6.07, 6.45) is 0. The van der Waals surface area contributed by atoms with Crippen LogP contribution in [-0.4, -0.2) is 5.91 Å². The minimum absolute atomic E-state index is 0.272. The van der Waals surface area contributed by atoms with Crippen LogP contribution in [0.2, 0.25) is 5.02 Å². The van der Waals surface area contributed by atoms with E-state index >= 15 is 0 Å². The van der Waals surface area contributed by atoms with Gasteiger partial charge in [-0.15, -0.1) is 0 Å². The maximum atomic E-state index is 12.4. The van der Waals surface area contributed by atoms with Gasteiger partial charge in [0.2, 0.25) is 0 Å². The molecule has 0 fully saturated rings. The molecular weight excluding hydrogens is 354 g/mol. The first-order chi connectivity index (χ1) is 9.92. The van der Waals surface area contributed by atoms with E-state index in [1.807, 2.05) is 26.0 Å². The lowest BCUT2D eigenvalue weighted by Gasteiger charge is -2.12. The van der Waals surface area contributed by atoms with Crippen molar-refractivity contribution >= 4 is 44.8 Å². The third kappa shape index (κ3) is 3.56. The van der Waals surface area contributed by atoms with Crippen molar-refractivity contribution in [3.05, 3.63) is 56.5 Å². The Labute approximate surface area is 136 Å². The van der Waals surface area contributed by atoms with Gasteiger partial charge in [0.05, 0.1) is 11.3 Å². The molecule has 0 radical (unpaired) electrons. The van der Waals surface area contributed by atoms with E-state index < -0.39 is 0 Å². The Morgan fingerprint density at radius 1 is 1.19 bits per heavy atom. The molecule has 0 aliphatic heterocycles. The summed E-state index contributed by atoms with van der Waals surface area (Å²) in [5, 5.41) is 3.33. The molecule has 4 N–H and O–H groups in total. The van der Waals surface area contributed by atoms with Crippen molar-refractivity contribution in [1.29, 1.82) is 0 Å². The predicted molar refractivity (Wildman–Crippen MR) is 90.8 cm³/mol. The molecule has 0 bridgehead atoms. The second-order valence-electron chi connectivity index (χ2n) is 4.71. The second kappa shape index (κ2) is 6.47. The van der Waals surface area contributed by atoms with Crippen molar-refractivity contribution in [2.24, 2.45) is 5.84 Å². The second-order valence-corrected chi connectivity index (χ2v) is 5.94. The molecule has 0 heterocycles. The summed E-state index contributed by atoms with van der Waals surface area (Å²) in [6, 6.07) is 8.70. The Morgan fingerprint density at radius 2 is 1.81 bits per heavy atom. The predicted octanol–water partition coefficient (Wildman–Crippen LogP) is 4.26. The molecule has 4 nitrogen and oxygen atoms in total. The number of halogens is 2. The van der Waals surface area contributed by atoms with E-state index in [9.17, 15) is 4.79 Å². The molecule has 6 heteroatoms. The number of nitrogens with two attached hydrogens (primary N) is 1. The molecule has 0 aliphatic rings. The quantitative estimate of drug-likeness (QED) is 0.560. The largest absolute Gasteiger partial charge is 0.323 e. The lowest BCUT2D eigenvalue weighted by atomic mass is 10.1. The molecule has 2 aromatic carbocycles. The fraction of sp³-hybridized carbons (Fsp3) is 0.133. The zero-order chi connectivity index (χ0) is 15.6. The third-order valence-corrected chi connectivity index (χ3v) is 4.56. The highest BCUT2D eigenvalue weighted by Gasteiger charge is 2.13. The average Bonchev–Trinajstić information content (AvgIpc) is 2.44. The van der Waals surface area contributed by atoms with E-state index in [1.165, 1.54) is 0 Å². The average molecular weight is 369 g/mol. The number of carbonyl (C=O) groups is 1. The van der Waals surface area contributed by atoms with Crippen LogP contribution in [0, 0.1) is 13.8 Å². The van der Waals surface area contributed by atoms with Crippen molar-refractivity contribution < 1.29 is 4.79 Å². The Bertz CT molecular complexity index is 680.